The molecule has 0 unspecified atom stereocenters. The van der Waals surface area contributed by atoms with Gasteiger partial charge in [0.1, 0.15) is 11.5 Å². The molecule has 0 saturated carbocycles. The first-order valence-corrected chi connectivity index (χ1v) is 6.93. The smallest absolute Gasteiger partial charge is 0.343 e. The summed E-state index contributed by atoms with van der Waals surface area (Å²) in [7, 11) is 1.58. The van der Waals surface area contributed by atoms with Gasteiger partial charge in [-0.3, -0.25) is 4.79 Å². The lowest BCUT2D eigenvalue weighted by atomic mass is 10.2. The molecule has 0 aromatic heterocycles. The van der Waals surface area contributed by atoms with Crippen LogP contribution in [0.25, 0.3) is 5.76 Å². The van der Waals surface area contributed by atoms with Crippen molar-refractivity contribution in [1.29, 1.82) is 0 Å². The number of carbonyl (C=O) groups is 2. The van der Waals surface area contributed by atoms with E-state index in [9.17, 15) is 9.59 Å². The van der Waals surface area contributed by atoms with Crippen molar-refractivity contribution in [1.82, 2.24) is 0 Å². The fourth-order valence-electron chi connectivity index (χ4n) is 1.90. The van der Waals surface area contributed by atoms with Gasteiger partial charge in [-0.1, -0.05) is 6.58 Å². The highest BCUT2D eigenvalue weighted by Crippen LogP contribution is 2.20. The molecule has 0 saturated heterocycles. The van der Waals surface area contributed by atoms with Crippen LogP contribution in [-0.2, 0) is 9.53 Å². The standard InChI is InChI=1S/C18H17NO4/c1-12(14-6-10-17(22-3)11-7-14)23-18(21)15-4-8-16(9-5-15)19-13(2)20/h4-11H,1H2,2-3H3,(H,19,20). The molecule has 0 radical (unpaired) electrons. The third-order valence-electron chi connectivity index (χ3n) is 3.07. The molecule has 0 heterocycles. The zero-order valence-electron chi connectivity index (χ0n) is 13.0. The molecular formula is C18H17NO4. The zero-order chi connectivity index (χ0) is 16.8. The van der Waals surface area contributed by atoms with E-state index in [0.717, 1.165) is 0 Å². The first kappa shape index (κ1) is 16.3. The Balaban J connectivity index is 2.02. The second-order valence-corrected chi connectivity index (χ2v) is 4.80. The fourth-order valence-corrected chi connectivity index (χ4v) is 1.90. The SMILES string of the molecule is C=C(OC(=O)c1ccc(NC(C)=O)cc1)c1ccc(OC)cc1. The number of ether oxygens (including phenoxy) is 2. The van der Waals surface area contributed by atoms with E-state index in [4.69, 9.17) is 9.47 Å². The van der Waals surface area contributed by atoms with E-state index in [1.165, 1.54) is 6.92 Å². The van der Waals surface area contributed by atoms with Crippen LogP contribution in [0.3, 0.4) is 0 Å². The summed E-state index contributed by atoms with van der Waals surface area (Å²) in [5, 5.41) is 2.63. The van der Waals surface area contributed by atoms with E-state index < -0.39 is 5.97 Å². The molecule has 0 aliphatic carbocycles. The molecule has 1 amide bonds. The molecule has 5 heteroatoms. The van der Waals surface area contributed by atoms with Gasteiger partial charge < -0.3 is 14.8 Å². The second-order valence-electron chi connectivity index (χ2n) is 4.80. The molecule has 0 fully saturated rings. The van der Waals surface area contributed by atoms with Crippen LogP contribution in [0, 0.1) is 0 Å². The van der Waals surface area contributed by atoms with Crippen molar-refractivity contribution in [2.75, 3.05) is 12.4 Å². The summed E-state index contributed by atoms with van der Waals surface area (Å²) in [6, 6.07) is 13.5. The molecule has 1 N–H and O–H groups in total. The molecule has 5 nitrogen and oxygen atoms in total. The van der Waals surface area contributed by atoms with Crippen LogP contribution in [0.4, 0.5) is 5.69 Å². The summed E-state index contributed by atoms with van der Waals surface area (Å²) < 4.78 is 10.3. The van der Waals surface area contributed by atoms with Gasteiger partial charge in [-0.15, -0.1) is 0 Å². The fraction of sp³-hybridized carbons (Fsp3) is 0.111. The quantitative estimate of drug-likeness (QED) is 0.678. The number of methoxy groups -OCH3 is 1. The molecule has 0 spiro atoms. The number of carbonyl (C=O) groups excluding carboxylic acids is 2. The predicted octanol–water partition coefficient (Wildman–Crippen LogP) is 3.48. The molecule has 2 aromatic rings. The van der Waals surface area contributed by atoms with Gasteiger partial charge in [0.05, 0.1) is 12.7 Å². The van der Waals surface area contributed by atoms with Crippen molar-refractivity contribution in [2.45, 2.75) is 6.92 Å². The summed E-state index contributed by atoms with van der Waals surface area (Å²) in [4.78, 5) is 23.0. The van der Waals surface area contributed by atoms with E-state index in [1.54, 1.807) is 55.6 Å². The molecule has 2 aromatic carbocycles. The minimum Gasteiger partial charge on any atom is -0.497 e. The monoisotopic (exact) mass is 311 g/mol. The Morgan fingerprint density at radius 3 is 2.04 bits per heavy atom. The van der Waals surface area contributed by atoms with Crippen molar-refractivity contribution in [3.05, 3.63) is 66.2 Å². The van der Waals surface area contributed by atoms with Gasteiger partial charge in [-0.25, -0.2) is 4.79 Å². The van der Waals surface area contributed by atoms with Crippen LogP contribution < -0.4 is 10.1 Å². The van der Waals surface area contributed by atoms with E-state index >= 15 is 0 Å². The van der Waals surface area contributed by atoms with Crippen molar-refractivity contribution in [2.24, 2.45) is 0 Å². The largest absolute Gasteiger partial charge is 0.497 e. The minimum atomic E-state index is -0.514. The Hall–Kier alpha value is -3.08. The maximum atomic E-state index is 12.1. The highest BCUT2D eigenvalue weighted by molar-refractivity contribution is 5.94. The average molecular weight is 311 g/mol. The number of amides is 1. The second kappa shape index (κ2) is 7.26. The van der Waals surface area contributed by atoms with Crippen LogP contribution in [0.5, 0.6) is 5.75 Å². The number of nitrogens with one attached hydrogen (secondary N) is 1. The molecule has 0 bridgehead atoms. The summed E-state index contributed by atoms with van der Waals surface area (Å²) >= 11 is 0. The molecule has 0 aliphatic heterocycles. The van der Waals surface area contributed by atoms with Crippen LogP contribution in [-0.4, -0.2) is 19.0 Å². The van der Waals surface area contributed by atoms with Gasteiger partial charge >= 0.3 is 5.97 Å². The van der Waals surface area contributed by atoms with Crippen molar-refractivity contribution in [3.63, 3.8) is 0 Å². The molecular weight excluding hydrogens is 294 g/mol. The Morgan fingerprint density at radius 1 is 0.957 bits per heavy atom. The third-order valence-corrected chi connectivity index (χ3v) is 3.07. The van der Waals surface area contributed by atoms with Crippen LogP contribution in [0.15, 0.2) is 55.1 Å². The number of anilines is 1. The zero-order valence-corrected chi connectivity index (χ0v) is 13.0. The van der Waals surface area contributed by atoms with Gasteiger partial charge in [-0.2, -0.15) is 0 Å². The summed E-state index contributed by atoms with van der Waals surface area (Å²) in [5.74, 6) is 0.276. The summed E-state index contributed by atoms with van der Waals surface area (Å²) in [5.41, 5.74) is 1.67. The van der Waals surface area contributed by atoms with Crippen molar-refractivity contribution >= 4 is 23.3 Å². The average Bonchev–Trinajstić information content (AvgIpc) is 2.55. The van der Waals surface area contributed by atoms with Gasteiger partial charge in [0.2, 0.25) is 5.91 Å². The first-order valence-electron chi connectivity index (χ1n) is 6.93. The molecule has 118 valence electrons. The summed E-state index contributed by atoms with van der Waals surface area (Å²) in [6.07, 6.45) is 0. The Morgan fingerprint density at radius 2 is 1.52 bits per heavy atom. The highest BCUT2D eigenvalue weighted by Gasteiger charge is 2.11. The molecule has 0 atom stereocenters. The van der Waals surface area contributed by atoms with Crippen LogP contribution in [0.2, 0.25) is 0 Å². The number of esters is 1. The van der Waals surface area contributed by atoms with E-state index in [1.807, 2.05) is 0 Å². The minimum absolute atomic E-state index is 0.173. The topological polar surface area (TPSA) is 64.6 Å². The number of rotatable bonds is 5. The highest BCUT2D eigenvalue weighted by atomic mass is 16.5. The van der Waals surface area contributed by atoms with Gasteiger partial charge in [0, 0.05) is 18.2 Å². The van der Waals surface area contributed by atoms with Crippen molar-refractivity contribution < 1.29 is 19.1 Å². The Labute approximate surface area is 134 Å². The first-order chi connectivity index (χ1) is 11.0. The Bertz CT molecular complexity index is 718. The lowest BCUT2D eigenvalue weighted by molar-refractivity contribution is -0.114. The number of benzene rings is 2. The van der Waals surface area contributed by atoms with E-state index in [-0.39, 0.29) is 11.7 Å². The van der Waals surface area contributed by atoms with E-state index in [0.29, 0.717) is 22.6 Å². The maximum Gasteiger partial charge on any atom is 0.343 e. The number of hydrogen-bond donors (Lipinski definition) is 1. The molecule has 0 aliphatic rings. The summed E-state index contributed by atoms with van der Waals surface area (Å²) in [6.45, 7) is 5.18. The third kappa shape index (κ3) is 4.44. The molecule has 2 rings (SSSR count). The van der Waals surface area contributed by atoms with Crippen molar-refractivity contribution in [3.8, 4) is 5.75 Å². The van der Waals surface area contributed by atoms with Gasteiger partial charge in [0.25, 0.3) is 0 Å². The predicted molar refractivity (Wildman–Crippen MR) is 88.2 cm³/mol. The van der Waals surface area contributed by atoms with E-state index in [2.05, 4.69) is 11.9 Å². The molecule has 23 heavy (non-hydrogen) atoms. The van der Waals surface area contributed by atoms with Crippen LogP contribution >= 0.6 is 0 Å². The lowest BCUT2D eigenvalue weighted by Crippen LogP contribution is -2.07. The van der Waals surface area contributed by atoms with Gasteiger partial charge in [0.15, 0.2) is 0 Å². The Kier molecular flexibility index (Phi) is 5.15. The lowest BCUT2D eigenvalue weighted by Gasteiger charge is -2.09. The number of hydrogen-bond acceptors (Lipinski definition) is 4. The maximum absolute atomic E-state index is 12.1. The van der Waals surface area contributed by atoms with Gasteiger partial charge in [-0.05, 0) is 48.5 Å². The normalized spacial score (nSPS) is 9.83. The van der Waals surface area contributed by atoms with Crippen LogP contribution in [0.1, 0.15) is 22.8 Å².